The second-order valence-corrected chi connectivity index (χ2v) is 5.60. The Morgan fingerprint density at radius 1 is 1.12 bits per heavy atom. The van der Waals surface area contributed by atoms with Crippen LogP contribution in [-0.2, 0) is 27.3 Å². The Bertz CT molecular complexity index is 713. The minimum atomic E-state index is -0.935. The van der Waals surface area contributed by atoms with E-state index in [9.17, 15) is 14.0 Å². The molecule has 5 heteroatoms. The molecule has 2 aromatic rings. The highest BCUT2D eigenvalue weighted by Crippen LogP contribution is 2.09. The molecule has 24 heavy (non-hydrogen) atoms. The lowest BCUT2D eigenvalue weighted by Crippen LogP contribution is -2.35. The number of benzene rings is 2. The fourth-order valence-electron chi connectivity index (χ4n) is 2.13. The highest BCUT2D eigenvalue weighted by atomic mass is 19.1. The molecule has 0 heterocycles. The van der Waals surface area contributed by atoms with Crippen molar-refractivity contribution in [3.05, 3.63) is 71.0 Å². The number of rotatable bonds is 6. The molecule has 1 amide bonds. The molecule has 0 bridgehead atoms. The Hall–Kier alpha value is -2.69. The van der Waals surface area contributed by atoms with E-state index in [1.54, 1.807) is 12.1 Å². The third-order valence-corrected chi connectivity index (χ3v) is 3.56. The summed E-state index contributed by atoms with van der Waals surface area (Å²) >= 11 is 0. The number of ether oxygens (including phenoxy) is 1. The summed E-state index contributed by atoms with van der Waals surface area (Å²) in [7, 11) is 0. The fourth-order valence-corrected chi connectivity index (χ4v) is 2.13. The number of carbonyl (C=O) groups is 2. The summed E-state index contributed by atoms with van der Waals surface area (Å²) < 4.78 is 18.6. The van der Waals surface area contributed by atoms with Crippen LogP contribution < -0.4 is 5.32 Å². The second kappa shape index (κ2) is 8.24. The van der Waals surface area contributed by atoms with E-state index in [0.717, 1.165) is 11.1 Å². The number of hydrogen-bond donors (Lipinski definition) is 1. The summed E-state index contributed by atoms with van der Waals surface area (Å²) in [6.07, 6.45) is -1.14. The predicted octanol–water partition coefficient (Wildman–Crippen LogP) is 2.92. The molecular weight excluding hydrogens is 309 g/mol. The van der Waals surface area contributed by atoms with Gasteiger partial charge in [0, 0.05) is 6.54 Å². The van der Waals surface area contributed by atoms with Crippen LogP contribution in [0.5, 0.6) is 0 Å². The van der Waals surface area contributed by atoms with Crippen molar-refractivity contribution in [2.75, 3.05) is 0 Å². The van der Waals surface area contributed by atoms with Gasteiger partial charge in [-0.2, -0.15) is 0 Å². The molecule has 126 valence electrons. The van der Waals surface area contributed by atoms with Gasteiger partial charge in [0.25, 0.3) is 5.91 Å². The van der Waals surface area contributed by atoms with Crippen LogP contribution in [0.4, 0.5) is 4.39 Å². The van der Waals surface area contributed by atoms with Gasteiger partial charge in [0.15, 0.2) is 6.10 Å². The van der Waals surface area contributed by atoms with Crippen molar-refractivity contribution in [2.45, 2.75) is 32.9 Å². The molecule has 0 spiro atoms. The lowest BCUT2D eigenvalue weighted by molar-refractivity contribution is -0.154. The standard InChI is InChI=1S/C19H20FNO3/c1-13-7-9-15(10-8-13)12-21-19(23)14(2)24-18(22)11-16-5-3-4-6-17(16)20/h3-10,14H,11-12H2,1-2H3,(H,21,23)/t14-/m1/s1. The van der Waals surface area contributed by atoms with Gasteiger partial charge in [0.05, 0.1) is 6.42 Å². The molecule has 0 fully saturated rings. The molecule has 0 aromatic heterocycles. The Morgan fingerprint density at radius 2 is 1.79 bits per heavy atom. The van der Waals surface area contributed by atoms with Crippen molar-refractivity contribution in [3.8, 4) is 0 Å². The monoisotopic (exact) mass is 329 g/mol. The lowest BCUT2D eigenvalue weighted by Gasteiger charge is -2.14. The average Bonchev–Trinajstić information content (AvgIpc) is 2.56. The molecule has 0 aliphatic carbocycles. The normalized spacial score (nSPS) is 11.6. The van der Waals surface area contributed by atoms with E-state index < -0.39 is 23.8 Å². The van der Waals surface area contributed by atoms with Crippen molar-refractivity contribution in [1.82, 2.24) is 5.32 Å². The molecule has 0 radical (unpaired) electrons. The van der Waals surface area contributed by atoms with E-state index in [1.807, 2.05) is 31.2 Å². The van der Waals surface area contributed by atoms with Gasteiger partial charge < -0.3 is 10.1 Å². The minimum Gasteiger partial charge on any atom is -0.452 e. The molecule has 0 saturated heterocycles. The number of hydrogen-bond acceptors (Lipinski definition) is 3. The maximum Gasteiger partial charge on any atom is 0.311 e. The van der Waals surface area contributed by atoms with E-state index >= 15 is 0 Å². The summed E-state index contributed by atoms with van der Waals surface area (Å²) in [5.74, 6) is -1.50. The number of nitrogens with one attached hydrogen (secondary N) is 1. The minimum absolute atomic E-state index is 0.206. The lowest BCUT2D eigenvalue weighted by atomic mass is 10.1. The smallest absolute Gasteiger partial charge is 0.311 e. The Balaban J connectivity index is 1.81. The number of aryl methyl sites for hydroxylation is 1. The van der Waals surface area contributed by atoms with E-state index in [0.29, 0.717) is 6.54 Å². The topological polar surface area (TPSA) is 55.4 Å². The van der Waals surface area contributed by atoms with Crippen LogP contribution in [0.2, 0.25) is 0 Å². The third-order valence-electron chi connectivity index (χ3n) is 3.56. The van der Waals surface area contributed by atoms with Gasteiger partial charge in [-0.1, -0.05) is 48.0 Å². The maximum atomic E-state index is 13.5. The quantitative estimate of drug-likeness (QED) is 0.829. The van der Waals surface area contributed by atoms with Gasteiger partial charge in [-0.3, -0.25) is 9.59 Å². The highest BCUT2D eigenvalue weighted by molar-refractivity contribution is 5.83. The van der Waals surface area contributed by atoms with Crippen molar-refractivity contribution in [2.24, 2.45) is 0 Å². The molecule has 0 unspecified atom stereocenters. The van der Waals surface area contributed by atoms with Crippen LogP contribution in [0, 0.1) is 12.7 Å². The first-order valence-electron chi connectivity index (χ1n) is 7.72. The van der Waals surface area contributed by atoms with Crippen LogP contribution in [0.1, 0.15) is 23.6 Å². The van der Waals surface area contributed by atoms with Gasteiger partial charge in [-0.25, -0.2) is 4.39 Å². The predicted molar refractivity (Wildman–Crippen MR) is 88.7 cm³/mol. The van der Waals surface area contributed by atoms with Crippen LogP contribution >= 0.6 is 0 Å². The zero-order valence-electron chi connectivity index (χ0n) is 13.7. The van der Waals surface area contributed by atoms with Gasteiger partial charge in [-0.15, -0.1) is 0 Å². The first-order chi connectivity index (χ1) is 11.5. The van der Waals surface area contributed by atoms with Crippen molar-refractivity contribution in [1.29, 1.82) is 0 Å². The van der Waals surface area contributed by atoms with Gasteiger partial charge >= 0.3 is 5.97 Å². The van der Waals surface area contributed by atoms with Crippen LogP contribution in [-0.4, -0.2) is 18.0 Å². The highest BCUT2D eigenvalue weighted by Gasteiger charge is 2.18. The first kappa shape index (κ1) is 17.7. The van der Waals surface area contributed by atoms with Gasteiger partial charge in [0.1, 0.15) is 5.82 Å². The van der Waals surface area contributed by atoms with E-state index in [-0.39, 0.29) is 12.0 Å². The number of esters is 1. The Morgan fingerprint density at radius 3 is 2.46 bits per heavy atom. The van der Waals surface area contributed by atoms with Crippen LogP contribution in [0.3, 0.4) is 0 Å². The van der Waals surface area contributed by atoms with Crippen molar-refractivity contribution < 1.29 is 18.7 Å². The van der Waals surface area contributed by atoms with Crippen LogP contribution in [0.15, 0.2) is 48.5 Å². The molecule has 1 atom stereocenters. The summed E-state index contributed by atoms with van der Waals surface area (Å²) in [4.78, 5) is 23.8. The largest absolute Gasteiger partial charge is 0.452 e. The van der Waals surface area contributed by atoms with Crippen molar-refractivity contribution >= 4 is 11.9 Å². The average molecular weight is 329 g/mol. The third kappa shape index (κ3) is 5.19. The van der Waals surface area contributed by atoms with E-state index in [1.165, 1.54) is 19.1 Å². The zero-order valence-corrected chi connectivity index (χ0v) is 13.7. The molecule has 0 aliphatic heterocycles. The molecule has 0 saturated carbocycles. The number of halogens is 1. The van der Waals surface area contributed by atoms with E-state index in [2.05, 4.69) is 5.32 Å². The van der Waals surface area contributed by atoms with Crippen molar-refractivity contribution in [3.63, 3.8) is 0 Å². The molecule has 2 aromatic carbocycles. The fraction of sp³-hybridized carbons (Fsp3) is 0.263. The first-order valence-corrected chi connectivity index (χ1v) is 7.72. The van der Waals surface area contributed by atoms with Gasteiger partial charge in [0.2, 0.25) is 0 Å². The zero-order chi connectivity index (χ0) is 17.5. The Kier molecular flexibility index (Phi) is 6.07. The molecular formula is C19H20FNO3. The number of carbonyl (C=O) groups excluding carboxylic acids is 2. The summed E-state index contributed by atoms with van der Waals surface area (Å²) in [6.45, 7) is 3.83. The SMILES string of the molecule is Cc1ccc(CNC(=O)[C@@H](C)OC(=O)Cc2ccccc2F)cc1. The van der Waals surface area contributed by atoms with E-state index in [4.69, 9.17) is 4.74 Å². The van der Waals surface area contributed by atoms with Gasteiger partial charge in [-0.05, 0) is 31.0 Å². The molecule has 4 nitrogen and oxygen atoms in total. The maximum absolute atomic E-state index is 13.5. The molecule has 0 aliphatic rings. The second-order valence-electron chi connectivity index (χ2n) is 5.60. The summed E-state index contributed by atoms with van der Waals surface area (Å²) in [5.41, 5.74) is 2.34. The molecule has 2 rings (SSSR count). The Labute approximate surface area is 140 Å². The summed E-state index contributed by atoms with van der Waals surface area (Å²) in [5, 5.41) is 2.71. The summed E-state index contributed by atoms with van der Waals surface area (Å²) in [6, 6.07) is 13.7. The molecule has 1 N–H and O–H groups in total. The number of amides is 1. The van der Waals surface area contributed by atoms with Crippen LogP contribution in [0.25, 0.3) is 0 Å².